The van der Waals surface area contributed by atoms with E-state index in [1.165, 1.54) is 0 Å². The largest absolute Gasteiger partial charge is 0.507 e. The van der Waals surface area contributed by atoms with Gasteiger partial charge in [0, 0.05) is 32.8 Å². The zero-order chi connectivity index (χ0) is 33.2. The molecule has 1 heterocycles. The van der Waals surface area contributed by atoms with E-state index in [9.17, 15) is 5.11 Å². The van der Waals surface area contributed by atoms with Gasteiger partial charge in [0.05, 0.1) is 0 Å². The fourth-order valence-electron chi connectivity index (χ4n) is 7.93. The first-order valence-electron chi connectivity index (χ1n) is 17.0. The van der Waals surface area contributed by atoms with Gasteiger partial charge in [-0.15, -0.1) is 0 Å². The van der Waals surface area contributed by atoms with Crippen LogP contribution in [0, 0.1) is 0 Å². The maximum absolute atomic E-state index is 12.3. The molecule has 0 spiro atoms. The first-order valence-corrected chi connectivity index (χ1v) is 17.0. The SMILES string of the molecule is Oc1c(-c2ccccc2)cc(-c2ccccc2)cc1-c1c2ccccc2c(-c2cccc3oc4c5ccccc5ccc4c23)c2ccccc12. The van der Waals surface area contributed by atoms with E-state index in [1.807, 2.05) is 24.3 Å². The van der Waals surface area contributed by atoms with Crippen LogP contribution < -0.4 is 0 Å². The van der Waals surface area contributed by atoms with Crippen molar-refractivity contribution in [2.24, 2.45) is 0 Å². The number of hydrogen-bond acceptors (Lipinski definition) is 2. The summed E-state index contributed by atoms with van der Waals surface area (Å²) in [4.78, 5) is 0. The fourth-order valence-corrected chi connectivity index (χ4v) is 7.93. The molecule has 0 radical (unpaired) electrons. The van der Waals surface area contributed by atoms with Crippen molar-refractivity contribution >= 4 is 54.3 Å². The molecule has 1 N–H and O–H groups in total. The van der Waals surface area contributed by atoms with Crippen molar-refractivity contribution in [3.8, 4) is 50.3 Å². The lowest BCUT2D eigenvalue weighted by Crippen LogP contribution is -1.93. The first-order chi connectivity index (χ1) is 24.7. The number of furan rings is 1. The summed E-state index contributed by atoms with van der Waals surface area (Å²) in [6, 6.07) is 61.3. The molecule has 0 saturated heterocycles. The molecule has 234 valence electrons. The quantitative estimate of drug-likeness (QED) is 0.195. The van der Waals surface area contributed by atoms with E-state index in [1.54, 1.807) is 0 Å². The van der Waals surface area contributed by atoms with Gasteiger partial charge in [-0.1, -0.05) is 152 Å². The molecule has 2 nitrogen and oxygen atoms in total. The van der Waals surface area contributed by atoms with Crippen molar-refractivity contribution in [2.75, 3.05) is 0 Å². The van der Waals surface area contributed by atoms with Crippen molar-refractivity contribution in [2.45, 2.75) is 0 Å². The van der Waals surface area contributed by atoms with E-state index in [0.717, 1.165) is 98.8 Å². The van der Waals surface area contributed by atoms with E-state index in [-0.39, 0.29) is 5.75 Å². The smallest absolute Gasteiger partial charge is 0.143 e. The zero-order valence-corrected chi connectivity index (χ0v) is 27.1. The monoisotopic (exact) mass is 638 g/mol. The second-order valence-electron chi connectivity index (χ2n) is 12.9. The molecule has 2 heteroatoms. The Hall–Kier alpha value is -6.64. The lowest BCUT2D eigenvalue weighted by atomic mass is 9.83. The molecule has 10 rings (SSSR count). The van der Waals surface area contributed by atoms with Crippen molar-refractivity contribution in [3.05, 3.63) is 176 Å². The zero-order valence-electron chi connectivity index (χ0n) is 27.1. The molecule has 0 unspecified atom stereocenters. The summed E-state index contributed by atoms with van der Waals surface area (Å²) in [6.45, 7) is 0. The molecule has 0 saturated carbocycles. The summed E-state index contributed by atoms with van der Waals surface area (Å²) in [7, 11) is 0. The van der Waals surface area contributed by atoms with Gasteiger partial charge in [-0.2, -0.15) is 0 Å². The van der Waals surface area contributed by atoms with Crippen molar-refractivity contribution < 1.29 is 9.52 Å². The molecule has 0 amide bonds. The Morgan fingerprint density at radius 1 is 0.360 bits per heavy atom. The number of hydrogen-bond donors (Lipinski definition) is 1. The molecule has 9 aromatic carbocycles. The number of benzene rings is 9. The number of phenolic OH excluding ortho intramolecular Hbond substituents is 1. The fraction of sp³-hybridized carbons (Fsp3) is 0. The Labute approximate surface area is 289 Å². The minimum Gasteiger partial charge on any atom is -0.507 e. The highest BCUT2D eigenvalue weighted by molar-refractivity contribution is 6.27. The maximum atomic E-state index is 12.3. The third kappa shape index (κ3) is 4.29. The Balaban J connectivity index is 1.33. The minimum atomic E-state index is 0.272. The van der Waals surface area contributed by atoms with Gasteiger partial charge in [0.15, 0.2) is 0 Å². The molecule has 0 aliphatic carbocycles. The average molecular weight is 639 g/mol. The molecule has 10 aromatic rings. The molecule has 0 aliphatic heterocycles. The first kappa shape index (κ1) is 28.4. The molecule has 0 atom stereocenters. The normalized spacial score (nSPS) is 11.7. The Kier molecular flexibility index (Phi) is 6.37. The minimum absolute atomic E-state index is 0.272. The van der Waals surface area contributed by atoms with Crippen LogP contribution >= 0.6 is 0 Å². The molecule has 0 aliphatic rings. The van der Waals surface area contributed by atoms with Gasteiger partial charge >= 0.3 is 0 Å². The molecule has 50 heavy (non-hydrogen) atoms. The number of rotatable bonds is 4. The van der Waals surface area contributed by atoms with Crippen LogP contribution in [0.25, 0.3) is 98.8 Å². The highest BCUT2D eigenvalue weighted by Gasteiger charge is 2.23. The second-order valence-corrected chi connectivity index (χ2v) is 12.9. The number of fused-ring (bicyclic) bond motifs is 7. The lowest BCUT2D eigenvalue weighted by molar-refractivity contribution is 0.479. The summed E-state index contributed by atoms with van der Waals surface area (Å²) >= 11 is 0. The van der Waals surface area contributed by atoms with E-state index in [4.69, 9.17) is 4.42 Å². The van der Waals surface area contributed by atoms with Gasteiger partial charge in [-0.3, -0.25) is 0 Å². The second kappa shape index (κ2) is 11.2. The predicted molar refractivity (Wildman–Crippen MR) is 210 cm³/mol. The molecule has 1 aromatic heterocycles. The molecule has 0 bridgehead atoms. The summed E-state index contributed by atoms with van der Waals surface area (Å²) in [5, 5.41) is 21.2. The highest BCUT2D eigenvalue weighted by atomic mass is 16.3. The Morgan fingerprint density at radius 3 is 1.56 bits per heavy atom. The third-order valence-electron chi connectivity index (χ3n) is 10.2. The van der Waals surface area contributed by atoms with E-state index in [0.29, 0.717) is 0 Å². The number of phenols is 1. The topological polar surface area (TPSA) is 33.4 Å². The van der Waals surface area contributed by atoms with Crippen molar-refractivity contribution in [1.29, 1.82) is 0 Å². The predicted octanol–water partition coefficient (Wildman–Crippen LogP) is 13.4. The summed E-state index contributed by atoms with van der Waals surface area (Å²) in [5.74, 6) is 0.272. The molecule has 0 fully saturated rings. The van der Waals surface area contributed by atoms with Crippen molar-refractivity contribution in [3.63, 3.8) is 0 Å². The van der Waals surface area contributed by atoms with Crippen LogP contribution in [-0.4, -0.2) is 5.11 Å². The standard InChI is InChI=1S/C48H30O2/c49-47-41(31-16-5-2-6-17-31)28-33(30-14-3-1-4-15-30)29-42(47)45-37-22-11-9-20-35(37)44(36-21-10-12-23-38(36)45)39-24-13-25-43-46(39)40-27-26-32-18-7-8-19-34(32)48(40)50-43/h1-29,49H. The van der Waals surface area contributed by atoms with Crippen LogP contribution in [0.15, 0.2) is 180 Å². The van der Waals surface area contributed by atoms with Gasteiger partial charge in [0.1, 0.15) is 16.9 Å². The maximum Gasteiger partial charge on any atom is 0.143 e. The summed E-state index contributed by atoms with van der Waals surface area (Å²) in [6.07, 6.45) is 0. The van der Waals surface area contributed by atoms with Crippen LogP contribution in [0.2, 0.25) is 0 Å². The molecular weight excluding hydrogens is 609 g/mol. The van der Waals surface area contributed by atoms with Gasteiger partial charge in [-0.05, 0) is 79.0 Å². The lowest BCUT2D eigenvalue weighted by Gasteiger charge is -2.20. The number of aromatic hydroxyl groups is 1. The van der Waals surface area contributed by atoms with Crippen LogP contribution in [0.4, 0.5) is 0 Å². The van der Waals surface area contributed by atoms with Crippen LogP contribution in [0.3, 0.4) is 0 Å². The third-order valence-corrected chi connectivity index (χ3v) is 10.2. The molecular formula is C48H30O2. The van der Waals surface area contributed by atoms with Gasteiger partial charge < -0.3 is 9.52 Å². The summed E-state index contributed by atoms with van der Waals surface area (Å²) < 4.78 is 6.64. The van der Waals surface area contributed by atoms with E-state index < -0.39 is 0 Å². The highest BCUT2D eigenvalue weighted by Crippen LogP contribution is 2.51. The van der Waals surface area contributed by atoms with Gasteiger partial charge in [0.2, 0.25) is 0 Å². The van der Waals surface area contributed by atoms with Crippen LogP contribution in [0.1, 0.15) is 0 Å². The van der Waals surface area contributed by atoms with Crippen LogP contribution in [-0.2, 0) is 0 Å². The van der Waals surface area contributed by atoms with Crippen LogP contribution in [0.5, 0.6) is 5.75 Å². The summed E-state index contributed by atoms with van der Waals surface area (Å²) in [5.41, 5.74) is 9.81. The Morgan fingerprint density at radius 2 is 0.900 bits per heavy atom. The van der Waals surface area contributed by atoms with E-state index in [2.05, 4.69) is 152 Å². The van der Waals surface area contributed by atoms with E-state index >= 15 is 0 Å². The van der Waals surface area contributed by atoms with Crippen molar-refractivity contribution in [1.82, 2.24) is 0 Å². The Bertz CT molecular complexity index is 2860. The van der Waals surface area contributed by atoms with Gasteiger partial charge in [0.25, 0.3) is 0 Å². The van der Waals surface area contributed by atoms with Gasteiger partial charge in [-0.25, -0.2) is 0 Å². The average Bonchev–Trinajstić information content (AvgIpc) is 3.58.